The zero-order chi connectivity index (χ0) is 44.8. The Labute approximate surface area is 363 Å². The molecule has 0 saturated carbocycles. The Bertz CT molecular complexity index is 3580. The van der Waals surface area contributed by atoms with Crippen molar-refractivity contribution in [3.63, 3.8) is 0 Å². The normalized spacial score (nSPS) is 12.2. The van der Waals surface area contributed by atoms with E-state index in [0.717, 1.165) is 56.8 Å². The Hall–Kier alpha value is -7.71. The number of aromatic nitrogens is 4. The van der Waals surface area contributed by atoms with Gasteiger partial charge in [0, 0.05) is 38.5 Å². The molecular formula is C53H35F6N5. The highest BCUT2D eigenvalue weighted by Gasteiger charge is 2.32. The number of hydrogen-bond donors (Lipinski definition) is 0. The lowest BCUT2D eigenvalue weighted by atomic mass is 9.98. The van der Waals surface area contributed by atoms with E-state index in [9.17, 15) is 31.6 Å². The summed E-state index contributed by atoms with van der Waals surface area (Å²) in [6, 6.07) is 42.7. The fourth-order valence-electron chi connectivity index (χ4n) is 9.11. The van der Waals surface area contributed by atoms with Crippen molar-refractivity contribution in [3.8, 4) is 51.1 Å². The van der Waals surface area contributed by atoms with E-state index in [1.807, 2.05) is 120 Å². The van der Waals surface area contributed by atoms with Gasteiger partial charge < -0.3 is 9.13 Å². The largest absolute Gasteiger partial charge is 0.416 e. The van der Waals surface area contributed by atoms with Crippen molar-refractivity contribution >= 4 is 43.6 Å². The van der Waals surface area contributed by atoms with Crippen LogP contribution in [0.3, 0.4) is 0 Å². The lowest BCUT2D eigenvalue weighted by molar-refractivity contribution is -0.138. The Balaban J connectivity index is 1.28. The van der Waals surface area contributed by atoms with Crippen molar-refractivity contribution in [3.05, 3.63) is 179 Å². The molecule has 314 valence electrons. The molecular weight excluding hydrogens is 821 g/mol. The summed E-state index contributed by atoms with van der Waals surface area (Å²) in [5.41, 5.74) is 7.63. The predicted molar refractivity (Wildman–Crippen MR) is 241 cm³/mol. The van der Waals surface area contributed by atoms with Gasteiger partial charge in [-0.05, 0) is 128 Å². The smallest absolute Gasteiger partial charge is 0.308 e. The minimum absolute atomic E-state index is 0.279. The minimum Gasteiger partial charge on any atom is -0.308 e. The highest BCUT2D eigenvalue weighted by atomic mass is 19.4. The molecule has 0 atom stereocenters. The maximum atomic E-state index is 14.1. The molecule has 0 amide bonds. The fraction of sp³-hybridized carbons (Fsp3) is 0.113. The molecule has 0 aliphatic heterocycles. The van der Waals surface area contributed by atoms with Crippen molar-refractivity contribution < 1.29 is 26.3 Å². The molecule has 0 aliphatic carbocycles. The van der Waals surface area contributed by atoms with Crippen molar-refractivity contribution in [2.24, 2.45) is 0 Å². The lowest BCUT2D eigenvalue weighted by Crippen LogP contribution is -2.06. The highest BCUT2D eigenvalue weighted by Crippen LogP contribution is 2.43. The first-order chi connectivity index (χ1) is 30.5. The van der Waals surface area contributed by atoms with E-state index in [-0.39, 0.29) is 5.56 Å². The number of alkyl halides is 6. The summed E-state index contributed by atoms with van der Waals surface area (Å²) in [5, 5.41) is 14.6. The SMILES string of the molecule is Cc1cc(-c2ccc3c4ccccc4n(-c4cc(-c5nc(C)cc(C)n5)c(-n5c6ccccc6c6ccc(-c7cc(C)cc(C(F)(F)F)c7)cc65)cc4C#N)c3c2)cc(C(F)(F)F)c1. The second kappa shape index (κ2) is 14.7. The number of halogens is 6. The first-order valence-electron chi connectivity index (χ1n) is 20.4. The number of nitriles is 1. The van der Waals surface area contributed by atoms with Crippen LogP contribution in [0.4, 0.5) is 26.3 Å². The molecule has 3 heterocycles. The quantitative estimate of drug-likeness (QED) is 0.162. The van der Waals surface area contributed by atoms with Gasteiger partial charge in [0.2, 0.25) is 0 Å². The highest BCUT2D eigenvalue weighted by molar-refractivity contribution is 6.12. The maximum Gasteiger partial charge on any atom is 0.416 e. The Morgan fingerprint density at radius 2 is 0.906 bits per heavy atom. The second-order valence-corrected chi connectivity index (χ2v) is 16.3. The van der Waals surface area contributed by atoms with Crippen LogP contribution in [0.5, 0.6) is 0 Å². The standard InChI is InChI=1S/C53H35F6N5/c1-29-17-35(22-38(19-29)52(54,55)56)33-13-15-42-40-9-5-7-11-45(40)63(48(42)24-33)47-27-44(51-61-31(3)21-32(4)62-51)50(26-37(47)28-60)64-46-12-8-6-10-41(46)43-16-14-34(25-49(43)64)36-18-30(2)20-39(23-36)53(57,58)59/h5-27H,1-4H3. The molecule has 5 nitrogen and oxygen atoms in total. The number of nitrogens with zero attached hydrogens (tertiary/aromatic N) is 5. The van der Waals surface area contributed by atoms with Gasteiger partial charge in [-0.3, -0.25) is 0 Å². The van der Waals surface area contributed by atoms with Crippen LogP contribution in [-0.2, 0) is 12.4 Å². The van der Waals surface area contributed by atoms with Crippen LogP contribution < -0.4 is 0 Å². The van der Waals surface area contributed by atoms with Crippen molar-refractivity contribution in [1.82, 2.24) is 19.1 Å². The van der Waals surface area contributed by atoms with Crippen molar-refractivity contribution in [2.75, 3.05) is 0 Å². The molecule has 0 bridgehead atoms. The summed E-state index contributed by atoms with van der Waals surface area (Å²) in [5.74, 6) is 0.384. The Kier molecular flexibility index (Phi) is 9.27. The molecule has 0 radical (unpaired) electrons. The van der Waals surface area contributed by atoms with E-state index in [0.29, 0.717) is 78.6 Å². The zero-order valence-electron chi connectivity index (χ0n) is 34.8. The van der Waals surface area contributed by atoms with Gasteiger partial charge in [-0.2, -0.15) is 31.6 Å². The van der Waals surface area contributed by atoms with Gasteiger partial charge >= 0.3 is 12.4 Å². The summed E-state index contributed by atoms with van der Waals surface area (Å²) in [7, 11) is 0. The molecule has 64 heavy (non-hydrogen) atoms. The van der Waals surface area contributed by atoms with Crippen LogP contribution in [0.1, 0.15) is 39.2 Å². The minimum atomic E-state index is -4.54. The van der Waals surface area contributed by atoms with Crippen molar-refractivity contribution in [2.45, 2.75) is 40.0 Å². The molecule has 10 rings (SSSR count). The van der Waals surface area contributed by atoms with Gasteiger partial charge in [0.1, 0.15) is 6.07 Å². The van der Waals surface area contributed by atoms with Gasteiger partial charge in [0.05, 0.1) is 50.1 Å². The number of rotatable bonds is 5. The van der Waals surface area contributed by atoms with Gasteiger partial charge in [0.25, 0.3) is 0 Å². The summed E-state index contributed by atoms with van der Waals surface area (Å²) < 4.78 is 88.3. The van der Waals surface area contributed by atoms with Gasteiger partial charge in [-0.25, -0.2) is 9.97 Å². The van der Waals surface area contributed by atoms with Crippen LogP contribution >= 0.6 is 0 Å². The monoisotopic (exact) mass is 855 g/mol. The molecule has 7 aromatic carbocycles. The van der Waals surface area contributed by atoms with E-state index < -0.39 is 23.5 Å². The van der Waals surface area contributed by atoms with E-state index in [2.05, 4.69) is 6.07 Å². The van der Waals surface area contributed by atoms with E-state index in [4.69, 9.17) is 9.97 Å². The van der Waals surface area contributed by atoms with Crippen LogP contribution in [0, 0.1) is 39.0 Å². The Morgan fingerprint density at radius 3 is 1.38 bits per heavy atom. The van der Waals surface area contributed by atoms with Crippen LogP contribution in [0.15, 0.2) is 140 Å². The van der Waals surface area contributed by atoms with Crippen LogP contribution in [0.2, 0.25) is 0 Å². The summed E-state index contributed by atoms with van der Waals surface area (Å²) in [6.07, 6.45) is -9.07. The van der Waals surface area contributed by atoms with E-state index in [1.54, 1.807) is 32.0 Å². The average Bonchev–Trinajstić information content (AvgIpc) is 3.76. The molecule has 0 unspecified atom stereocenters. The molecule has 0 N–H and O–H groups in total. The number of hydrogen-bond acceptors (Lipinski definition) is 3. The predicted octanol–water partition coefficient (Wildman–Crippen LogP) is 14.8. The summed E-state index contributed by atoms with van der Waals surface area (Å²) in [6.45, 7) is 7.02. The third-order valence-electron chi connectivity index (χ3n) is 11.8. The maximum absolute atomic E-state index is 14.1. The Morgan fingerprint density at radius 1 is 0.453 bits per heavy atom. The number of para-hydroxylation sites is 2. The third-order valence-corrected chi connectivity index (χ3v) is 11.8. The first-order valence-corrected chi connectivity index (χ1v) is 20.4. The fourth-order valence-corrected chi connectivity index (χ4v) is 9.11. The average molecular weight is 856 g/mol. The van der Waals surface area contributed by atoms with Crippen LogP contribution in [-0.4, -0.2) is 19.1 Å². The molecule has 0 spiro atoms. The molecule has 10 aromatic rings. The summed E-state index contributed by atoms with van der Waals surface area (Å²) in [4.78, 5) is 9.84. The van der Waals surface area contributed by atoms with E-state index in [1.165, 1.54) is 0 Å². The molecule has 11 heteroatoms. The first kappa shape index (κ1) is 40.4. The number of benzene rings is 7. The third kappa shape index (κ3) is 6.83. The molecule has 3 aromatic heterocycles. The lowest BCUT2D eigenvalue weighted by Gasteiger charge is -2.19. The molecule has 0 aliphatic rings. The van der Waals surface area contributed by atoms with Gasteiger partial charge in [-0.15, -0.1) is 0 Å². The molecule has 0 saturated heterocycles. The number of aryl methyl sites for hydroxylation is 4. The van der Waals surface area contributed by atoms with Crippen molar-refractivity contribution in [1.29, 1.82) is 5.26 Å². The molecule has 0 fully saturated rings. The van der Waals surface area contributed by atoms with Gasteiger partial charge in [0.15, 0.2) is 5.82 Å². The zero-order valence-corrected chi connectivity index (χ0v) is 34.8. The second-order valence-electron chi connectivity index (χ2n) is 16.3. The van der Waals surface area contributed by atoms with E-state index >= 15 is 0 Å². The number of fused-ring (bicyclic) bond motifs is 6. The van der Waals surface area contributed by atoms with Crippen LogP contribution in [0.25, 0.3) is 88.6 Å². The van der Waals surface area contributed by atoms with Gasteiger partial charge in [-0.1, -0.05) is 72.8 Å². The summed E-state index contributed by atoms with van der Waals surface area (Å²) >= 11 is 0. The topological polar surface area (TPSA) is 59.4 Å².